The molecule has 0 radical (unpaired) electrons. The Hall–Kier alpha value is -3.36. The molecular formula is C40H44ClN5OS. The van der Waals surface area contributed by atoms with Gasteiger partial charge in [0.15, 0.2) is 0 Å². The van der Waals surface area contributed by atoms with E-state index >= 15 is 0 Å². The molecule has 0 amide bonds. The number of aryl methyl sites for hydroxylation is 1. The van der Waals surface area contributed by atoms with E-state index in [-0.39, 0.29) is 17.0 Å². The minimum atomic E-state index is -0.204. The topological polar surface area (TPSA) is 77.0 Å². The van der Waals surface area contributed by atoms with Crippen molar-refractivity contribution in [2.24, 2.45) is 5.73 Å². The van der Waals surface area contributed by atoms with Gasteiger partial charge in [-0.25, -0.2) is 4.98 Å². The second-order valence-electron chi connectivity index (χ2n) is 14.2. The van der Waals surface area contributed by atoms with Gasteiger partial charge in [0.25, 0.3) is 5.56 Å². The molecule has 8 heteroatoms. The summed E-state index contributed by atoms with van der Waals surface area (Å²) in [6, 6.07) is 21.7. The first-order chi connectivity index (χ1) is 23.4. The van der Waals surface area contributed by atoms with Crippen molar-refractivity contribution in [3.8, 4) is 16.1 Å². The molecule has 248 valence electrons. The molecule has 2 aliphatic heterocycles. The molecule has 6 nitrogen and oxygen atoms in total. The third-order valence-electron chi connectivity index (χ3n) is 11.4. The smallest absolute Gasteiger partial charge is 0.282 e. The molecule has 1 saturated heterocycles. The average molecular weight is 678 g/mol. The largest absolute Gasteiger partial charge is 0.324 e. The molecule has 1 saturated carbocycles. The molecule has 2 N–H and O–H groups in total. The molecule has 3 aliphatic rings. The van der Waals surface area contributed by atoms with Gasteiger partial charge in [0.05, 0.1) is 43.1 Å². The molecule has 0 bridgehead atoms. The molecular weight excluding hydrogens is 634 g/mol. The summed E-state index contributed by atoms with van der Waals surface area (Å²) in [7, 11) is 0. The van der Waals surface area contributed by atoms with Crippen molar-refractivity contribution in [2.45, 2.75) is 88.5 Å². The predicted octanol–water partition coefficient (Wildman–Crippen LogP) is 9.08. The second kappa shape index (κ2) is 13.2. The van der Waals surface area contributed by atoms with Crippen LogP contribution in [-0.4, -0.2) is 39.1 Å². The van der Waals surface area contributed by atoms with Crippen LogP contribution in [-0.2, 0) is 5.41 Å². The van der Waals surface area contributed by atoms with Gasteiger partial charge >= 0.3 is 0 Å². The Kier molecular flexibility index (Phi) is 8.74. The highest BCUT2D eigenvalue weighted by molar-refractivity contribution is 7.13. The fraction of sp³-hybridized carbons (Fsp3) is 0.425. The predicted molar refractivity (Wildman–Crippen MR) is 198 cm³/mol. The number of nitrogens with zero attached hydrogens (tertiary/aromatic N) is 4. The number of benzene rings is 3. The number of hydrogen-bond donors (Lipinski definition) is 1. The van der Waals surface area contributed by atoms with Gasteiger partial charge in [0.2, 0.25) is 0 Å². The fourth-order valence-corrected chi connectivity index (χ4v) is 9.83. The van der Waals surface area contributed by atoms with Crippen molar-refractivity contribution in [3.63, 3.8) is 0 Å². The first-order valence-corrected chi connectivity index (χ1v) is 19.0. The second-order valence-corrected chi connectivity index (χ2v) is 15.5. The number of unbranched alkanes of at least 4 members (excludes halogenated alkanes) is 2. The Morgan fingerprint density at radius 1 is 1.02 bits per heavy atom. The minimum absolute atomic E-state index is 0.0916. The van der Waals surface area contributed by atoms with E-state index in [1.807, 2.05) is 17.6 Å². The Bertz CT molecular complexity index is 2000. The van der Waals surface area contributed by atoms with Crippen molar-refractivity contribution in [1.82, 2.24) is 19.4 Å². The number of rotatable bonds is 9. The molecule has 2 fully saturated rings. The number of hydrogen-bond acceptors (Lipinski definition) is 6. The summed E-state index contributed by atoms with van der Waals surface area (Å²) < 4.78 is 2.24. The van der Waals surface area contributed by atoms with Crippen molar-refractivity contribution >= 4 is 33.8 Å². The van der Waals surface area contributed by atoms with Gasteiger partial charge in [-0.05, 0) is 111 Å². The SMILES string of the molecule is Cc1ncsc1-c1ccc([C@@H](N)CCCCCN2CCC(c3ccc4c(c3)C3(CCCC3)c3nc(=O)c5c(Cl)cccc5n3-4)CC2)cc1. The third-order valence-corrected chi connectivity index (χ3v) is 12.7. The van der Waals surface area contributed by atoms with Crippen molar-refractivity contribution < 1.29 is 0 Å². The standard InChI is InChI=1S/C40H44ClN5OS/c1-26-37(48-25-43-26)29-13-11-28(12-14-29)33(42)9-3-2-6-21-45-22-17-27(18-23-45)30-15-16-34-31(24-30)40(19-4-5-20-40)39-44-38(47)36-32(41)8-7-10-35(36)46(34)39/h7-8,10-16,24-25,27,33H,2-6,9,17-23,42H2,1H3/t33-/m0/s1. The maximum Gasteiger partial charge on any atom is 0.282 e. The van der Waals surface area contributed by atoms with Gasteiger partial charge in [0, 0.05) is 6.04 Å². The maximum atomic E-state index is 13.2. The number of thiazole rings is 1. The lowest BCUT2D eigenvalue weighted by molar-refractivity contribution is 0.208. The van der Waals surface area contributed by atoms with Gasteiger partial charge in [-0.15, -0.1) is 11.3 Å². The molecule has 1 spiro atoms. The fourth-order valence-electron chi connectivity index (χ4n) is 8.76. The molecule has 0 unspecified atom stereocenters. The monoisotopic (exact) mass is 677 g/mol. The number of nitrogens with two attached hydrogens (primary N) is 1. The third kappa shape index (κ3) is 5.63. The molecule has 1 aliphatic carbocycles. The lowest BCUT2D eigenvalue weighted by atomic mass is 9.77. The van der Waals surface area contributed by atoms with Gasteiger partial charge in [-0.3, -0.25) is 9.36 Å². The number of aromatic nitrogens is 3. The van der Waals surface area contributed by atoms with E-state index in [9.17, 15) is 4.79 Å². The first kappa shape index (κ1) is 31.9. The van der Waals surface area contributed by atoms with E-state index in [1.165, 1.54) is 77.9 Å². The van der Waals surface area contributed by atoms with Crippen LogP contribution in [0.5, 0.6) is 0 Å². The molecule has 48 heavy (non-hydrogen) atoms. The van der Waals surface area contributed by atoms with Gasteiger partial charge in [-0.2, -0.15) is 4.98 Å². The molecule has 1 atom stereocenters. The van der Waals surface area contributed by atoms with Gasteiger partial charge in [-0.1, -0.05) is 79.7 Å². The Morgan fingerprint density at radius 3 is 2.56 bits per heavy atom. The van der Waals surface area contributed by atoms with E-state index in [4.69, 9.17) is 22.3 Å². The molecule has 4 heterocycles. The summed E-state index contributed by atoms with van der Waals surface area (Å²) in [6.45, 7) is 5.53. The van der Waals surface area contributed by atoms with Crippen LogP contribution in [0.3, 0.4) is 0 Å². The Labute approximate surface area is 292 Å². The quantitative estimate of drug-likeness (QED) is 0.158. The highest BCUT2D eigenvalue weighted by Crippen LogP contribution is 2.53. The van der Waals surface area contributed by atoms with Gasteiger partial charge < -0.3 is 10.6 Å². The summed E-state index contributed by atoms with van der Waals surface area (Å²) in [5.41, 5.74) is 16.5. The summed E-state index contributed by atoms with van der Waals surface area (Å²) >= 11 is 8.21. The van der Waals surface area contributed by atoms with E-state index in [2.05, 4.69) is 63.8 Å². The molecule has 8 rings (SSSR count). The number of piperidine rings is 1. The van der Waals surface area contributed by atoms with Crippen molar-refractivity contribution in [2.75, 3.05) is 19.6 Å². The van der Waals surface area contributed by atoms with Crippen LogP contribution in [0.4, 0.5) is 0 Å². The van der Waals surface area contributed by atoms with Crippen molar-refractivity contribution in [3.05, 3.63) is 110 Å². The van der Waals surface area contributed by atoms with Crippen LogP contribution in [0, 0.1) is 6.92 Å². The molecule has 5 aromatic rings. The van der Waals surface area contributed by atoms with E-state index in [0.717, 1.165) is 55.8 Å². The summed E-state index contributed by atoms with van der Waals surface area (Å²) in [6.07, 6.45) is 11.4. The van der Waals surface area contributed by atoms with Crippen LogP contribution in [0.25, 0.3) is 27.0 Å². The first-order valence-electron chi connectivity index (χ1n) is 17.8. The van der Waals surface area contributed by atoms with Crippen LogP contribution in [0.15, 0.2) is 71.0 Å². The molecule has 3 aromatic carbocycles. The Morgan fingerprint density at radius 2 is 1.81 bits per heavy atom. The maximum absolute atomic E-state index is 13.2. The summed E-state index contributed by atoms with van der Waals surface area (Å²) in [5.74, 6) is 1.49. The highest BCUT2D eigenvalue weighted by atomic mass is 35.5. The van der Waals surface area contributed by atoms with Crippen LogP contribution >= 0.6 is 22.9 Å². The zero-order chi connectivity index (χ0) is 32.8. The average Bonchev–Trinajstić information content (AvgIpc) is 3.84. The minimum Gasteiger partial charge on any atom is -0.324 e. The van der Waals surface area contributed by atoms with E-state index < -0.39 is 0 Å². The lowest BCUT2D eigenvalue weighted by Crippen LogP contribution is -2.33. The zero-order valence-corrected chi connectivity index (χ0v) is 29.3. The van der Waals surface area contributed by atoms with E-state index in [1.54, 1.807) is 17.4 Å². The number of fused-ring (bicyclic) bond motifs is 7. The van der Waals surface area contributed by atoms with Crippen LogP contribution in [0.1, 0.15) is 104 Å². The Balaban J connectivity index is 0.867. The summed E-state index contributed by atoms with van der Waals surface area (Å²) in [5, 5.41) is 1.00. The molecule has 2 aromatic heterocycles. The zero-order valence-electron chi connectivity index (χ0n) is 27.8. The number of likely N-dealkylation sites (tertiary alicyclic amines) is 1. The highest BCUT2D eigenvalue weighted by Gasteiger charge is 2.48. The van der Waals surface area contributed by atoms with Gasteiger partial charge in [0.1, 0.15) is 5.82 Å². The lowest BCUT2D eigenvalue weighted by Gasteiger charge is -2.33. The normalized spacial score (nSPS) is 18.1. The number of halogens is 1. The van der Waals surface area contributed by atoms with Crippen LogP contribution in [0.2, 0.25) is 5.02 Å². The van der Waals surface area contributed by atoms with Crippen LogP contribution < -0.4 is 11.3 Å². The summed E-state index contributed by atoms with van der Waals surface area (Å²) in [4.78, 5) is 26.2. The van der Waals surface area contributed by atoms with Crippen molar-refractivity contribution in [1.29, 1.82) is 0 Å². The van der Waals surface area contributed by atoms with E-state index in [0.29, 0.717) is 16.3 Å².